The van der Waals surface area contributed by atoms with Crippen LogP contribution in [0.1, 0.15) is 29.9 Å². The average molecular weight is 437 g/mol. The average Bonchev–Trinajstić information content (AvgIpc) is 3.39. The van der Waals surface area contributed by atoms with Gasteiger partial charge in [0.1, 0.15) is 18.2 Å². The van der Waals surface area contributed by atoms with Crippen molar-refractivity contribution in [3.63, 3.8) is 0 Å². The van der Waals surface area contributed by atoms with Crippen LogP contribution in [0.15, 0.2) is 66.8 Å². The summed E-state index contributed by atoms with van der Waals surface area (Å²) in [5, 5.41) is 13.5. The fourth-order valence-electron chi connectivity index (χ4n) is 3.79. The summed E-state index contributed by atoms with van der Waals surface area (Å²) < 4.78 is 3.77. The van der Waals surface area contributed by atoms with Gasteiger partial charge in [-0.15, -0.1) is 0 Å². The minimum absolute atomic E-state index is 0.237. The number of rotatable bonds is 3. The second kappa shape index (κ2) is 7.31. The van der Waals surface area contributed by atoms with Crippen molar-refractivity contribution in [3.05, 3.63) is 93.7 Å². The Balaban J connectivity index is 1.71. The highest BCUT2D eigenvalue weighted by Gasteiger charge is 2.32. The van der Waals surface area contributed by atoms with Gasteiger partial charge < -0.3 is 5.32 Å². The summed E-state index contributed by atoms with van der Waals surface area (Å²) in [6.07, 6.45) is 3.34. The minimum atomic E-state index is -0.237. The van der Waals surface area contributed by atoms with Gasteiger partial charge in [0.05, 0.1) is 21.9 Å². The van der Waals surface area contributed by atoms with Crippen LogP contribution in [0, 0.1) is 6.92 Å². The standard InChI is InChI=1S/C22H18Cl2N6/c1-13-3-6-16(7-4-13)29-22(25-12-27-29)20-14(2)28-19-9-10-26-30(19)21(20)15-5-8-17(23)18(24)11-15/h3-12,21,28H,1-2H3/t21-/m1/s1. The molecule has 2 aromatic heterocycles. The van der Waals surface area contributed by atoms with Crippen LogP contribution in [-0.4, -0.2) is 24.5 Å². The van der Waals surface area contributed by atoms with E-state index < -0.39 is 0 Å². The zero-order chi connectivity index (χ0) is 20.8. The molecule has 30 heavy (non-hydrogen) atoms. The van der Waals surface area contributed by atoms with E-state index in [2.05, 4.69) is 39.6 Å². The highest BCUT2D eigenvalue weighted by atomic mass is 35.5. The van der Waals surface area contributed by atoms with Crippen molar-refractivity contribution in [2.75, 3.05) is 5.32 Å². The third-order valence-corrected chi connectivity index (χ3v) is 5.97. The number of allylic oxidation sites excluding steroid dienone is 2. The summed E-state index contributed by atoms with van der Waals surface area (Å²) >= 11 is 12.5. The van der Waals surface area contributed by atoms with Gasteiger partial charge in [-0.05, 0) is 43.7 Å². The number of nitrogens with one attached hydrogen (secondary N) is 1. The molecule has 8 heteroatoms. The Kier molecular flexibility index (Phi) is 4.60. The van der Waals surface area contributed by atoms with Crippen LogP contribution in [0.3, 0.4) is 0 Å². The molecule has 0 radical (unpaired) electrons. The van der Waals surface area contributed by atoms with Crippen LogP contribution in [0.25, 0.3) is 11.3 Å². The molecule has 6 nitrogen and oxygen atoms in total. The molecule has 0 bridgehead atoms. The van der Waals surface area contributed by atoms with Crippen LogP contribution >= 0.6 is 23.2 Å². The van der Waals surface area contributed by atoms with E-state index in [0.29, 0.717) is 10.0 Å². The molecule has 0 fully saturated rings. The van der Waals surface area contributed by atoms with Gasteiger partial charge in [0.2, 0.25) is 0 Å². The Morgan fingerprint density at radius 3 is 2.50 bits per heavy atom. The molecular formula is C22H18Cl2N6. The highest BCUT2D eigenvalue weighted by molar-refractivity contribution is 6.42. The Labute approximate surface area is 183 Å². The van der Waals surface area contributed by atoms with E-state index in [0.717, 1.165) is 34.2 Å². The van der Waals surface area contributed by atoms with Crippen molar-refractivity contribution in [2.24, 2.45) is 0 Å². The zero-order valence-electron chi connectivity index (χ0n) is 16.3. The Hall–Kier alpha value is -3.09. The number of aryl methyl sites for hydroxylation is 1. The monoisotopic (exact) mass is 436 g/mol. The fraction of sp³-hybridized carbons (Fsp3) is 0.136. The molecule has 0 unspecified atom stereocenters. The van der Waals surface area contributed by atoms with Crippen molar-refractivity contribution < 1.29 is 0 Å². The van der Waals surface area contributed by atoms with Crippen LogP contribution in [0.5, 0.6) is 0 Å². The lowest BCUT2D eigenvalue weighted by Gasteiger charge is -2.30. The number of fused-ring (bicyclic) bond motifs is 1. The van der Waals surface area contributed by atoms with E-state index >= 15 is 0 Å². The maximum absolute atomic E-state index is 6.36. The molecular weight excluding hydrogens is 419 g/mol. The fourth-order valence-corrected chi connectivity index (χ4v) is 4.09. The van der Waals surface area contributed by atoms with E-state index in [4.69, 9.17) is 23.2 Å². The SMILES string of the molecule is CC1=C(c2ncnn2-c2ccc(C)cc2)[C@@H](c2ccc(Cl)c(Cl)c2)n2nccc2N1. The summed E-state index contributed by atoms with van der Waals surface area (Å²) in [5.74, 6) is 1.63. The molecule has 1 atom stereocenters. The first kappa shape index (κ1) is 18.9. The van der Waals surface area contributed by atoms with E-state index in [-0.39, 0.29) is 6.04 Å². The summed E-state index contributed by atoms with van der Waals surface area (Å²) in [6.45, 7) is 4.09. The maximum atomic E-state index is 6.36. The predicted octanol–water partition coefficient (Wildman–Crippen LogP) is 5.53. The molecule has 150 valence electrons. The number of aromatic nitrogens is 5. The molecule has 0 spiro atoms. The van der Waals surface area contributed by atoms with Crippen LogP contribution < -0.4 is 5.32 Å². The van der Waals surface area contributed by atoms with Crippen molar-refractivity contribution in [1.82, 2.24) is 24.5 Å². The number of halogens is 2. The molecule has 4 aromatic rings. The molecule has 1 aliphatic rings. The van der Waals surface area contributed by atoms with Gasteiger partial charge in [0.15, 0.2) is 5.82 Å². The lowest BCUT2D eigenvalue weighted by atomic mass is 9.94. The van der Waals surface area contributed by atoms with E-state index in [1.165, 1.54) is 5.56 Å². The zero-order valence-corrected chi connectivity index (χ0v) is 17.9. The lowest BCUT2D eigenvalue weighted by Crippen LogP contribution is -2.25. The van der Waals surface area contributed by atoms with Gasteiger partial charge in [-0.1, -0.05) is 47.0 Å². The number of nitrogens with zero attached hydrogens (tertiary/aromatic N) is 5. The second-order valence-corrected chi connectivity index (χ2v) is 8.05. The quantitative estimate of drug-likeness (QED) is 0.458. The Morgan fingerprint density at radius 2 is 1.73 bits per heavy atom. The molecule has 2 aromatic carbocycles. The van der Waals surface area contributed by atoms with Crippen molar-refractivity contribution in [3.8, 4) is 5.69 Å². The third-order valence-electron chi connectivity index (χ3n) is 5.23. The molecule has 0 amide bonds. The number of benzene rings is 2. The first-order valence-electron chi connectivity index (χ1n) is 9.46. The van der Waals surface area contributed by atoms with Gasteiger partial charge in [-0.2, -0.15) is 10.2 Å². The summed E-state index contributed by atoms with van der Waals surface area (Å²) in [7, 11) is 0. The number of anilines is 1. The first-order chi connectivity index (χ1) is 14.5. The molecule has 1 N–H and O–H groups in total. The van der Waals surface area contributed by atoms with Gasteiger partial charge in [0.25, 0.3) is 0 Å². The van der Waals surface area contributed by atoms with Gasteiger partial charge in [-0.25, -0.2) is 14.3 Å². The molecule has 0 aliphatic carbocycles. The van der Waals surface area contributed by atoms with Gasteiger partial charge in [0, 0.05) is 17.3 Å². The largest absolute Gasteiger partial charge is 0.344 e. The molecule has 0 saturated heterocycles. The van der Waals surface area contributed by atoms with E-state index in [9.17, 15) is 0 Å². The topological polar surface area (TPSA) is 60.6 Å². The smallest absolute Gasteiger partial charge is 0.163 e. The number of hydrogen-bond donors (Lipinski definition) is 1. The normalized spacial score (nSPS) is 15.8. The number of hydrogen-bond acceptors (Lipinski definition) is 4. The highest BCUT2D eigenvalue weighted by Crippen LogP contribution is 2.41. The van der Waals surface area contributed by atoms with Crippen molar-refractivity contribution in [1.29, 1.82) is 0 Å². The lowest BCUT2D eigenvalue weighted by molar-refractivity contribution is 0.613. The second-order valence-electron chi connectivity index (χ2n) is 7.23. The van der Waals surface area contributed by atoms with Crippen LogP contribution in [0.4, 0.5) is 5.82 Å². The molecule has 1 aliphatic heterocycles. The first-order valence-corrected chi connectivity index (χ1v) is 10.2. The summed E-state index contributed by atoms with van der Waals surface area (Å²) in [6, 6.07) is 15.5. The van der Waals surface area contributed by atoms with Crippen molar-refractivity contribution in [2.45, 2.75) is 19.9 Å². The van der Waals surface area contributed by atoms with Crippen LogP contribution in [0.2, 0.25) is 10.0 Å². The molecule has 5 rings (SSSR count). The van der Waals surface area contributed by atoms with Gasteiger partial charge in [-0.3, -0.25) is 0 Å². The predicted molar refractivity (Wildman–Crippen MR) is 119 cm³/mol. The molecule has 0 saturated carbocycles. The van der Waals surface area contributed by atoms with E-state index in [1.54, 1.807) is 12.5 Å². The summed E-state index contributed by atoms with van der Waals surface area (Å²) in [5.41, 5.74) is 5.02. The van der Waals surface area contributed by atoms with Crippen LogP contribution in [-0.2, 0) is 0 Å². The van der Waals surface area contributed by atoms with E-state index in [1.807, 2.05) is 52.7 Å². The Morgan fingerprint density at radius 1 is 0.933 bits per heavy atom. The Bertz CT molecular complexity index is 1270. The maximum Gasteiger partial charge on any atom is 0.163 e. The third kappa shape index (κ3) is 3.09. The summed E-state index contributed by atoms with van der Waals surface area (Å²) in [4.78, 5) is 4.62. The van der Waals surface area contributed by atoms with Crippen molar-refractivity contribution >= 4 is 34.6 Å². The van der Waals surface area contributed by atoms with Gasteiger partial charge >= 0.3 is 0 Å². The minimum Gasteiger partial charge on any atom is -0.344 e. The molecule has 3 heterocycles.